The van der Waals surface area contributed by atoms with Crippen LogP contribution in [0, 0.1) is 5.92 Å². The summed E-state index contributed by atoms with van der Waals surface area (Å²) in [5, 5.41) is 5.05. The Kier molecular flexibility index (Phi) is 5.90. The zero-order valence-corrected chi connectivity index (χ0v) is 18.4. The molecule has 7 heteroatoms. The van der Waals surface area contributed by atoms with Crippen molar-refractivity contribution in [2.24, 2.45) is 13.0 Å². The second-order valence-corrected chi connectivity index (χ2v) is 9.02. The largest absolute Gasteiger partial charge is 0.467 e. The quantitative estimate of drug-likeness (QED) is 0.645. The molecule has 0 saturated carbocycles. The summed E-state index contributed by atoms with van der Waals surface area (Å²) in [6.45, 7) is 5.11. The smallest absolute Gasteiger partial charge is 0.247 e. The predicted molar refractivity (Wildman–Crippen MR) is 118 cm³/mol. The molecule has 4 rings (SSSR count). The van der Waals surface area contributed by atoms with E-state index in [9.17, 15) is 9.59 Å². The van der Waals surface area contributed by atoms with E-state index in [0.29, 0.717) is 18.2 Å². The molecule has 0 bridgehead atoms. The number of carbonyl (C=O) groups excluding carboxylic acids is 2. The van der Waals surface area contributed by atoms with Crippen molar-refractivity contribution in [1.82, 2.24) is 14.8 Å². The van der Waals surface area contributed by atoms with Crippen molar-refractivity contribution < 1.29 is 14.0 Å². The van der Waals surface area contributed by atoms with Crippen molar-refractivity contribution in [3.05, 3.63) is 54.0 Å². The molecule has 0 spiro atoms. The highest BCUT2D eigenvalue weighted by Crippen LogP contribution is 2.42. The molecule has 2 amide bonds. The molecular formula is C23H27N3O3S. The lowest BCUT2D eigenvalue weighted by Crippen LogP contribution is -2.43. The van der Waals surface area contributed by atoms with Crippen LogP contribution in [0.1, 0.15) is 37.6 Å². The molecule has 3 aromatic rings. The van der Waals surface area contributed by atoms with Crippen LogP contribution in [0.5, 0.6) is 0 Å². The lowest BCUT2D eigenvalue weighted by atomic mass is 10.0. The van der Waals surface area contributed by atoms with Crippen LogP contribution in [0.2, 0.25) is 0 Å². The molecule has 1 N–H and O–H groups in total. The summed E-state index contributed by atoms with van der Waals surface area (Å²) in [4.78, 5) is 28.3. The van der Waals surface area contributed by atoms with Gasteiger partial charge < -0.3 is 19.2 Å². The third-order valence-electron chi connectivity index (χ3n) is 5.50. The first kappa shape index (κ1) is 20.6. The fourth-order valence-corrected chi connectivity index (χ4v) is 5.05. The molecule has 0 radical (unpaired) electrons. The number of fused-ring (bicyclic) bond motifs is 3. The van der Waals surface area contributed by atoms with E-state index in [4.69, 9.17) is 4.42 Å². The Morgan fingerprint density at radius 2 is 2.07 bits per heavy atom. The van der Waals surface area contributed by atoms with Gasteiger partial charge in [0.2, 0.25) is 11.8 Å². The number of carbonyl (C=O) groups is 2. The zero-order valence-electron chi connectivity index (χ0n) is 17.6. The Labute approximate surface area is 180 Å². The number of aryl methyl sites for hydroxylation is 1. The minimum atomic E-state index is -0.703. The van der Waals surface area contributed by atoms with Gasteiger partial charge in [-0.2, -0.15) is 0 Å². The molecule has 0 aliphatic carbocycles. The summed E-state index contributed by atoms with van der Waals surface area (Å²) in [6.07, 6.45) is 2.48. The fraction of sp³-hybridized carbons (Fsp3) is 0.391. The second-order valence-electron chi connectivity index (χ2n) is 8.06. The SMILES string of the molecule is CC(C)CCNC(=O)C1c2c(n(C)c3ccccc23)SCC(=O)N1Cc1ccco1. The number of thioether (sulfide) groups is 1. The van der Waals surface area contributed by atoms with Crippen LogP contribution in [-0.4, -0.2) is 33.6 Å². The highest BCUT2D eigenvalue weighted by Gasteiger charge is 2.39. The summed E-state index contributed by atoms with van der Waals surface area (Å²) in [5.74, 6) is 1.23. The Hall–Kier alpha value is -2.67. The van der Waals surface area contributed by atoms with Gasteiger partial charge in [-0.3, -0.25) is 9.59 Å². The van der Waals surface area contributed by atoms with Gasteiger partial charge in [0.15, 0.2) is 0 Å². The summed E-state index contributed by atoms with van der Waals surface area (Å²) in [7, 11) is 1.99. The van der Waals surface area contributed by atoms with E-state index in [2.05, 4.69) is 29.8 Å². The van der Waals surface area contributed by atoms with Gasteiger partial charge in [-0.25, -0.2) is 0 Å². The van der Waals surface area contributed by atoms with Crippen LogP contribution < -0.4 is 5.32 Å². The monoisotopic (exact) mass is 425 g/mol. The number of furan rings is 1. The van der Waals surface area contributed by atoms with Crippen LogP contribution in [0.15, 0.2) is 52.1 Å². The number of nitrogens with one attached hydrogen (secondary N) is 1. The molecule has 6 nitrogen and oxygen atoms in total. The maximum Gasteiger partial charge on any atom is 0.247 e. The second kappa shape index (κ2) is 8.60. The van der Waals surface area contributed by atoms with Crippen LogP contribution in [0.4, 0.5) is 0 Å². The molecule has 0 fully saturated rings. The Balaban J connectivity index is 1.80. The molecule has 1 unspecified atom stereocenters. The van der Waals surface area contributed by atoms with Gasteiger partial charge in [-0.15, -0.1) is 0 Å². The lowest BCUT2D eigenvalue weighted by Gasteiger charge is -2.29. The standard InChI is InChI=1S/C23H27N3O3S/c1-15(2)10-11-24-22(28)21-20-17-8-4-5-9-18(17)25(3)23(20)30-14-19(27)26(21)13-16-7-6-12-29-16/h4-9,12,15,21H,10-11,13-14H2,1-3H3,(H,24,28). The van der Waals surface area contributed by atoms with Gasteiger partial charge in [0.05, 0.1) is 23.6 Å². The molecule has 30 heavy (non-hydrogen) atoms. The first-order chi connectivity index (χ1) is 14.5. The Morgan fingerprint density at radius 1 is 1.27 bits per heavy atom. The number of hydrogen-bond donors (Lipinski definition) is 1. The zero-order chi connectivity index (χ0) is 21.3. The number of rotatable bonds is 6. The van der Waals surface area contributed by atoms with Crippen LogP contribution in [-0.2, 0) is 23.2 Å². The van der Waals surface area contributed by atoms with E-state index >= 15 is 0 Å². The number of para-hydroxylation sites is 1. The molecule has 1 atom stereocenters. The van der Waals surface area contributed by atoms with Gasteiger partial charge in [-0.1, -0.05) is 43.8 Å². The predicted octanol–water partition coefficient (Wildman–Crippen LogP) is 4.11. The van der Waals surface area contributed by atoms with Crippen LogP contribution in [0.3, 0.4) is 0 Å². The number of nitrogens with zero attached hydrogens (tertiary/aromatic N) is 2. The molecule has 158 valence electrons. The van der Waals surface area contributed by atoms with E-state index < -0.39 is 6.04 Å². The number of amides is 2. The topological polar surface area (TPSA) is 67.5 Å². The van der Waals surface area contributed by atoms with Gasteiger partial charge in [0.1, 0.15) is 11.8 Å². The highest BCUT2D eigenvalue weighted by molar-refractivity contribution is 8.00. The maximum absolute atomic E-state index is 13.5. The minimum Gasteiger partial charge on any atom is -0.467 e. The molecule has 3 heterocycles. The summed E-state index contributed by atoms with van der Waals surface area (Å²) in [6, 6.07) is 11.0. The average Bonchev–Trinajstić information content (AvgIpc) is 3.29. The fourth-order valence-electron chi connectivity index (χ4n) is 3.95. The maximum atomic E-state index is 13.5. The summed E-state index contributed by atoms with van der Waals surface area (Å²) < 4.78 is 7.60. The van der Waals surface area contributed by atoms with Gasteiger partial charge in [-0.05, 0) is 30.5 Å². The third kappa shape index (κ3) is 3.86. The van der Waals surface area contributed by atoms with Crippen LogP contribution in [0.25, 0.3) is 10.9 Å². The minimum absolute atomic E-state index is 0.0688. The van der Waals surface area contributed by atoms with Gasteiger partial charge in [0.25, 0.3) is 0 Å². The molecular weight excluding hydrogens is 398 g/mol. The normalized spacial score (nSPS) is 16.7. The van der Waals surface area contributed by atoms with E-state index in [1.807, 2.05) is 31.3 Å². The number of hydrogen-bond acceptors (Lipinski definition) is 4. The highest BCUT2D eigenvalue weighted by atomic mass is 32.2. The number of aromatic nitrogens is 1. The Bertz CT molecular complexity index is 1060. The molecule has 1 aromatic carbocycles. The molecule has 1 aliphatic heterocycles. The third-order valence-corrected chi connectivity index (χ3v) is 6.66. The Morgan fingerprint density at radius 3 is 2.80 bits per heavy atom. The van der Waals surface area contributed by atoms with E-state index in [1.54, 1.807) is 17.2 Å². The lowest BCUT2D eigenvalue weighted by molar-refractivity contribution is -0.139. The first-order valence-corrected chi connectivity index (χ1v) is 11.3. The number of benzene rings is 1. The van der Waals surface area contributed by atoms with Crippen molar-refractivity contribution in [2.45, 2.75) is 37.9 Å². The van der Waals surface area contributed by atoms with Crippen molar-refractivity contribution in [3.63, 3.8) is 0 Å². The van der Waals surface area contributed by atoms with Crippen molar-refractivity contribution >= 4 is 34.5 Å². The van der Waals surface area contributed by atoms with Crippen molar-refractivity contribution in [2.75, 3.05) is 12.3 Å². The van der Waals surface area contributed by atoms with Crippen molar-refractivity contribution in [3.8, 4) is 0 Å². The molecule has 2 aromatic heterocycles. The van der Waals surface area contributed by atoms with Gasteiger partial charge in [0, 0.05) is 30.1 Å². The average molecular weight is 426 g/mol. The van der Waals surface area contributed by atoms with Gasteiger partial charge >= 0.3 is 0 Å². The molecule has 0 saturated heterocycles. The van der Waals surface area contributed by atoms with Crippen molar-refractivity contribution in [1.29, 1.82) is 0 Å². The molecule has 1 aliphatic rings. The van der Waals surface area contributed by atoms with Crippen LogP contribution >= 0.6 is 11.8 Å². The van der Waals surface area contributed by atoms with E-state index in [0.717, 1.165) is 27.9 Å². The van der Waals surface area contributed by atoms with E-state index in [1.165, 1.54) is 11.8 Å². The first-order valence-electron chi connectivity index (χ1n) is 10.3. The summed E-state index contributed by atoms with van der Waals surface area (Å²) >= 11 is 1.50. The van der Waals surface area contributed by atoms with E-state index in [-0.39, 0.29) is 24.1 Å². The summed E-state index contributed by atoms with van der Waals surface area (Å²) in [5.41, 5.74) is 1.96.